The van der Waals surface area contributed by atoms with E-state index in [2.05, 4.69) is 47.9 Å². The van der Waals surface area contributed by atoms with E-state index in [1.54, 1.807) is 0 Å². The fraction of sp³-hybridized carbons (Fsp3) is 0.435. The van der Waals surface area contributed by atoms with Crippen molar-refractivity contribution in [1.29, 1.82) is 0 Å². The van der Waals surface area contributed by atoms with E-state index in [0.29, 0.717) is 13.2 Å². The van der Waals surface area contributed by atoms with Gasteiger partial charge in [0, 0.05) is 31.7 Å². The molecular formula is C23H27N5O2. The van der Waals surface area contributed by atoms with Crippen LogP contribution in [0.5, 0.6) is 0 Å². The van der Waals surface area contributed by atoms with Crippen LogP contribution in [-0.4, -0.2) is 66.6 Å². The van der Waals surface area contributed by atoms with Crippen molar-refractivity contribution >= 4 is 22.8 Å². The third kappa shape index (κ3) is 3.82. The quantitative estimate of drug-likeness (QED) is 0.663. The van der Waals surface area contributed by atoms with Gasteiger partial charge >= 0.3 is 0 Å². The predicted octanol–water partition coefficient (Wildman–Crippen LogP) is 3.14. The Morgan fingerprint density at radius 3 is 2.30 bits per heavy atom. The summed E-state index contributed by atoms with van der Waals surface area (Å²) in [6.45, 7) is 8.80. The zero-order chi connectivity index (χ0) is 20.5. The highest BCUT2D eigenvalue weighted by molar-refractivity contribution is 5.89. The van der Waals surface area contributed by atoms with Gasteiger partial charge in [0.05, 0.1) is 36.5 Å². The SMILES string of the molecule is C[C@@H]1CN(c2nc(N3CCOCC3)c3ccc(-c4ccccc4)nc3n2)C[C@H](C)O1. The minimum atomic E-state index is 0.142. The number of benzene rings is 1. The first-order valence-electron chi connectivity index (χ1n) is 10.6. The van der Waals surface area contributed by atoms with E-state index < -0.39 is 0 Å². The van der Waals surface area contributed by atoms with Gasteiger partial charge in [-0.15, -0.1) is 0 Å². The second-order valence-electron chi connectivity index (χ2n) is 8.04. The first kappa shape index (κ1) is 19.2. The van der Waals surface area contributed by atoms with Crippen molar-refractivity contribution in [1.82, 2.24) is 15.0 Å². The predicted molar refractivity (Wildman–Crippen MR) is 118 cm³/mol. The summed E-state index contributed by atoms with van der Waals surface area (Å²) in [4.78, 5) is 19.3. The Labute approximate surface area is 176 Å². The van der Waals surface area contributed by atoms with E-state index in [4.69, 9.17) is 24.4 Å². The Morgan fingerprint density at radius 2 is 1.57 bits per heavy atom. The zero-order valence-corrected chi connectivity index (χ0v) is 17.5. The lowest BCUT2D eigenvalue weighted by atomic mass is 10.1. The van der Waals surface area contributed by atoms with Gasteiger partial charge in [-0.1, -0.05) is 30.3 Å². The van der Waals surface area contributed by atoms with Crippen LogP contribution in [0.15, 0.2) is 42.5 Å². The van der Waals surface area contributed by atoms with E-state index in [-0.39, 0.29) is 12.2 Å². The smallest absolute Gasteiger partial charge is 0.229 e. The van der Waals surface area contributed by atoms with Crippen LogP contribution < -0.4 is 9.80 Å². The first-order valence-corrected chi connectivity index (χ1v) is 10.6. The minimum absolute atomic E-state index is 0.142. The van der Waals surface area contributed by atoms with Crippen molar-refractivity contribution in [2.24, 2.45) is 0 Å². The second-order valence-corrected chi connectivity index (χ2v) is 8.04. The van der Waals surface area contributed by atoms with Crippen LogP contribution in [0.4, 0.5) is 11.8 Å². The molecule has 2 atom stereocenters. The van der Waals surface area contributed by atoms with Crippen LogP contribution >= 0.6 is 0 Å². The Balaban J connectivity index is 1.62. The molecule has 3 aromatic rings. The molecule has 0 radical (unpaired) electrons. The lowest BCUT2D eigenvalue weighted by Gasteiger charge is -2.36. The maximum Gasteiger partial charge on any atom is 0.229 e. The van der Waals surface area contributed by atoms with Gasteiger partial charge in [-0.25, -0.2) is 4.98 Å². The van der Waals surface area contributed by atoms with Crippen LogP contribution in [0.2, 0.25) is 0 Å². The summed E-state index contributed by atoms with van der Waals surface area (Å²) in [5.41, 5.74) is 2.74. The van der Waals surface area contributed by atoms with E-state index >= 15 is 0 Å². The fourth-order valence-corrected chi connectivity index (χ4v) is 4.25. The van der Waals surface area contributed by atoms with E-state index in [1.165, 1.54) is 0 Å². The van der Waals surface area contributed by atoms with Crippen LogP contribution in [0.25, 0.3) is 22.3 Å². The highest BCUT2D eigenvalue weighted by Crippen LogP contribution is 2.29. The van der Waals surface area contributed by atoms with Gasteiger partial charge in [0.1, 0.15) is 5.82 Å². The number of ether oxygens (including phenoxy) is 2. The molecule has 0 spiro atoms. The third-order valence-corrected chi connectivity index (χ3v) is 5.61. The number of hydrogen-bond acceptors (Lipinski definition) is 7. The normalized spacial score (nSPS) is 22.5. The molecule has 0 saturated carbocycles. The highest BCUT2D eigenvalue weighted by Gasteiger charge is 2.26. The molecule has 2 aromatic heterocycles. The molecule has 30 heavy (non-hydrogen) atoms. The molecule has 156 valence electrons. The third-order valence-electron chi connectivity index (χ3n) is 5.61. The van der Waals surface area contributed by atoms with Crippen LogP contribution in [0.1, 0.15) is 13.8 Å². The number of morpholine rings is 2. The molecule has 2 aliphatic heterocycles. The maximum absolute atomic E-state index is 5.91. The van der Waals surface area contributed by atoms with Crippen LogP contribution in [-0.2, 0) is 9.47 Å². The van der Waals surface area contributed by atoms with Gasteiger partial charge in [0.15, 0.2) is 5.65 Å². The summed E-state index contributed by atoms with van der Waals surface area (Å²) in [5.74, 6) is 1.67. The summed E-state index contributed by atoms with van der Waals surface area (Å²) in [7, 11) is 0. The number of rotatable bonds is 3. The molecule has 0 amide bonds. The zero-order valence-electron chi connectivity index (χ0n) is 17.5. The highest BCUT2D eigenvalue weighted by atomic mass is 16.5. The largest absolute Gasteiger partial charge is 0.378 e. The Kier molecular flexibility index (Phi) is 5.23. The summed E-state index contributed by atoms with van der Waals surface area (Å²) in [6, 6.07) is 14.4. The molecular weight excluding hydrogens is 378 g/mol. The number of nitrogens with zero attached hydrogens (tertiary/aromatic N) is 5. The van der Waals surface area contributed by atoms with Crippen molar-refractivity contribution in [3.8, 4) is 11.3 Å². The molecule has 2 saturated heterocycles. The van der Waals surface area contributed by atoms with Gasteiger partial charge in [-0.3, -0.25) is 0 Å². The molecule has 0 bridgehead atoms. The van der Waals surface area contributed by atoms with E-state index in [1.807, 2.05) is 18.2 Å². The standard InChI is InChI=1S/C23H27N5O2/c1-16-14-28(15-17(2)30-16)23-25-21-19(22(26-23)27-10-12-29-13-11-27)8-9-20(24-21)18-6-4-3-5-7-18/h3-9,16-17H,10-15H2,1-2H3/t16-,17+. The second kappa shape index (κ2) is 8.16. The van der Waals surface area contributed by atoms with Crippen molar-refractivity contribution in [3.63, 3.8) is 0 Å². The van der Waals surface area contributed by atoms with Gasteiger partial charge in [-0.2, -0.15) is 9.97 Å². The van der Waals surface area contributed by atoms with Gasteiger partial charge in [0.25, 0.3) is 0 Å². The van der Waals surface area contributed by atoms with Crippen molar-refractivity contribution in [2.45, 2.75) is 26.1 Å². The molecule has 4 heterocycles. The monoisotopic (exact) mass is 405 g/mol. The van der Waals surface area contributed by atoms with Crippen molar-refractivity contribution < 1.29 is 9.47 Å². The fourth-order valence-electron chi connectivity index (χ4n) is 4.25. The molecule has 2 aliphatic rings. The average Bonchev–Trinajstić information content (AvgIpc) is 2.78. The van der Waals surface area contributed by atoms with Crippen LogP contribution in [0.3, 0.4) is 0 Å². The Morgan fingerprint density at radius 1 is 0.833 bits per heavy atom. The number of aromatic nitrogens is 3. The lowest BCUT2D eigenvalue weighted by molar-refractivity contribution is -0.00570. The molecule has 7 heteroatoms. The average molecular weight is 406 g/mol. The summed E-state index contributed by atoms with van der Waals surface area (Å²) in [5, 5.41) is 0.981. The van der Waals surface area contributed by atoms with E-state index in [0.717, 1.165) is 60.2 Å². The van der Waals surface area contributed by atoms with Crippen LogP contribution in [0, 0.1) is 0 Å². The molecule has 2 fully saturated rings. The Bertz CT molecular complexity index is 1010. The number of anilines is 2. The van der Waals surface area contributed by atoms with Gasteiger partial charge in [-0.05, 0) is 26.0 Å². The minimum Gasteiger partial charge on any atom is -0.378 e. The molecule has 0 N–H and O–H groups in total. The molecule has 1 aromatic carbocycles. The summed E-state index contributed by atoms with van der Waals surface area (Å²) < 4.78 is 11.5. The summed E-state index contributed by atoms with van der Waals surface area (Å²) >= 11 is 0. The molecule has 5 rings (SSSR count). The topological polar surface area (TPSA) is 63.6 Å². The first-order chi connectivity index (χ1) is 14.7. The van der Waals surface area contributed by atoms with Gasteiger partial charge < -0.3 is 19.3 Å². The van der Waals surface area contributed by atoms with Gasteiger partial charge in [0.2, 0.25) is 5.95 Å². The summed E-state index contributed by atoms with van der Waals surface area (Å²) in [6.07, 6.45) is 0.284. The van der Waals surface area contributed by atoms with E-state index in [9.17, 15) is 0 Å². The molecule has 0 aliphatic carbocycles. The molecule has 7 nitrogen and oxygen atoms in total. The lowest BCUT2D eigenvalue weighted by Crippen LogP contribution is -2.46. The number of hydrogen-bond donors (Lipinski definition) is 0. The number of fused-ring (bicyclic) bond motifs is 1. The maximum atomic E-state index is 5.91. The van der Waals surface area contributed by atoms with Crippen molar-refractivity contribution in [3.05, 3.63) is 42.5 Å². The van der Waals surface area contributed by atoms with Crippen molar-refractivity contribution in [2.75, 3.05) is 49.2 Å². The number of pyridine rings is 1. The molecule has 0 unspecified atom stereocenters. The Hall–Kier alpha value is -2.77.